The van der Waals surface area contributed by atoms with Crippen molar-refractivity contribution in [2.75, 3.05) is 0 Å². The van der Waals surface area contributed by atoms with Crippen molar-refractivity contribution in [2.24, 2.45) is 11.1 Å². The van der Waals surface area contributed by atoms with Crippen LogP contribution in [0.25, 0.3) is 5.57 Å². The van der Waals surface area contributed by atoms with Crippen molar-refractivity contribution in [3.8, 4) is 0 Å². The van der Waals surface area contributed by atoms with Crippen LogP contribution in [0.2, 0.25) is 0 Å². The monoisotopic (exact) mass is 273 g/mol. The molecule has 0 unspecified atom stereocenters. The van der Waals surface area contributed by atoms with E-state index in [1.165, 1.54) is 43.7 Å². The predicted molar refractivity (Wildman–Crippen MR) is 78.4 cm³/mol. The molecule has 1 fully saturated rings. The van der Waals surface area contributed by atoms with E-state index in [1.54, 1.807) is 12.1 Å². The molecule has 0 aliphatic heterocycles. The molecule has 2 nitrogen and oxygen atoms in total. The molecular weight excluding hydrogens is 253 g/mol. The Bertz CT molecular complexity index is 556. The van der Waals surface area contributed by atoms with Gasteiger partial charge in [0, 0.05) is 5.57 Å². The van der Waals surface area contributed by atoms with E-state index in [0.29, 0.717) is 5.92 Å². The van der Waals surface area contributed by atoms with Crippen LogP contribution in [-0.4, -0.2) is 10.9 Å². The van der Waals surface area contributed by atoms with Crippen molar-refractivity contribution in [1.82, 2.24) is 0 Å². The maximum absolute atomic E-state index is 13.5. The van der Waals surface area contributed by atoms with Crippen molar-refractivity contribution >= 4 is 11.3 Å². The lowest BCUT2D eigenvalue weighted by Crippen LogP contribution is -2.09. The first-order chi connectivity index (χ1) is 9.79. The number of nitrogens with zero attached hydrogens (tertiary/aromatic N) is 1. The zero-order valence-electron chi connectivity index (χ0n) is 11.6. The molecule has 0 amide bonds. The maximum atomic E-state index is 13.5. The number of allylic oxidation sites excluding steroid dienone is 2. The molecule has 3 rings (SSSR count). The number of hydrogen-bond donors (Lipinski definition) is 1. The van der Waals surface area contributed by atoms with Crippen LogP contribution in [0.15, 0.2) is 35.0 Å². The van der Waals surface area contributed by atoms with Crippen LogP contribution in [0.3, 0.4) is 0 Å². The lowest BCUT2D eigenvalue weighted by Gasteiger charge is -2.24. The Morgan fingerprint density at radius 1 is 1.10 bits per heavy atom. The van der Waals surface area contributed by atoms with E-state index < -0.39 is 0 Å². The summed E-state index contributed by atoms with van der Waals surface area (Å²) in [5.41, 5.74) is 3.95. The van der Waals surface area contributed by atoms with Crippen molar-refractivity contribution in [1.29, 1.82) is 0 Å². The summed E-state index contributed by atoms with van der Waals surface area (Å²) in [7, 11) is 0. The molecule has 1 saturated carbocycles. The second-order valence-electron chi connectivity index (χ2n) is 5.79. The Morgan fingerprint density at radius 2 is 1.90 bits per heavy atom. The smallest absolute Gasteiger partial charge is 0.123 e. The molecule has 2 aliphatic carbocycles. The van der Waals surface area contributed by atoms with Gasteiger partial charge in [0.05, 0.1) is 5.71 Å². The van der Waals surface area contributed by atoms with Crippen molar-refractivity contribution in [2.45, 2.75) is 44.9 Å². The van der Waals surface area contributed by atoms with Gasteiger partial charge in [0.25, 0.3) is 0 Å². The van der Waals surface area contributed by atoms with E-state index in [-0.39, 0.29) is 5.82 Å². The number of rotatable bonds is 2. The Hall–Kier alpha value is -1.64. The van der Waals surface area contributed by atoms with Crippen LogP contribution in [-0.2, 0) is 0 Å². The summed E-state index contributed by atoms with van der Waals surface area (Å²) in [6, 6.07) is 6.64. The Labute approximate surface area is 119 Å². The molecule has 1 N–H and O–H groups in total. The highest BCUT2D eigenvalue weighted by molar-refractivity contribution is 6.26. The van der Waals surface area contributed by atoms with E-state index in [9.17, 15) is 9.60 Å². The van der Waals surface area contributed by atoms with Crippen molar-refractivity contribution < 1.29 is 9.60 Å². The lowest BCUT2D eigenvalue weighted by molar-refractivity contribution is 0.319. The molecule has 0 bridgehead atoms. The first kappa shape index (κ1) is 13.3. The van der Waals surface area contributed by atoms with Gasteiger partial charge in [-0.3, -0.25) is 0 Å². The third kappa shape index (κ3) is 2.49. The SMILES string of the molecule is O/N=C1\CCC(C2CCCCC2)=C1c1cccc(F)c1. The topological polar surface area (TPSA) is 32.6 Å². The average molecular weight is 273 g/mol. The highest BCUT2D eigenvalue weighted by Gasteiger charge is 2.29. The fourth-order valence-electron chi connectivity index (χ4n) is 3.64. The summed E-state index contributed by atoms with van der Waals surface area (Å²) in [4.78, 5) is 0. The molecule has 0 atom stereocenters. The number of benzene rings is 1. The summed E-state index contributed by atoms with van der Waals surface area (Å²) in [6.07, 6.45) is 8.02. The van der Waals surface area contributed by atoms with E-state index in [4.69, 9.17) is 0 Å². The van der Waals surface area contributed by atoms with Gasteiger partial charge in [-0.2, -0.15) is 0 Å². The minimum atomic E-state index is -0.234. The highest BCUT2D eigenvalue weighted by Crippen LogP contribution is 2.41. The molecule has 0 aromatic heterocycles. The maximum Gasteiger partial charge on any atom is 0.123 e. The number of halogens is 1. The van der Waals surface area contributed by atoms with Crippen LogP contribution in [0.1, 0.15) is 50.5 Å². The van der Waals surface area contributed by atoms with Crippen LogP contribution in [0.4, 0.5) is 4.39 Å². The van der Waals surface area contributed by atoms with Gasteiger partial charge in [0.1, 0.15) is 5.82 Å². The third-order valence-corrected chi connectivity index (χ3v) is 4.57. The largest absolute Gasteiger partial charge is 0.411 e. The standard InChI is InChI=1S/C17H20FNO/c18-14-8-4-7-13(11-14)17-15(9-10-16(17)19-20)12-5-2-1-3-6-12/h4,7-8,11-12,20H,1-3,5-6,9-10H2/b19-16+. The second kappa shape index (κ2) is 5.78. The average Bonchev–Trinajstić information content (AvgIpc) is 2.92. The Kier molecular flexibility index (Phi) is 3.86. The van der Waals surface area contributed by atoms with Crippen LogP contribution in [0, 0.1) is 11.7 Å². The molecule has 0 saturated heterocycles. The van der Waals surface area contributed by atoms with E-state index >= 15 is 0 Å². The van der Waals surface area contributed by atoms with Gasteiger partial charge in [-0.25, -0.2) is 4.39 Å². The van der Waals surface area contributed by atoms with E-state index in [1.807, 2.05) is 6.07 Å². The zero-order valence-corrected chi connectivity index (χ0v) is 11.6. The quantitative estimate of drug-likeness (QED) is 0.610. The molecule has 0 heterocycles. The summed E-state index contributed by atoms with van der Waals surface area (Å²) in [6.45, 7) is 0. The molecule has 106 valence electrons. The Balaban J connectivity index is 2.03. The molecule has 1 aromatic rings. The minimum absolute atomic E-state index is 0.234. The highest BCUT2D eigenvalue weighted by atomic mass is 19.1. The molecule has 1 aromatic carbocycles. The van der Waals surface area contributed by atoms with Crippen LogP contribution >= 0.6 is 0 Å². The predicted octanol–water partition coefficient (Wildman–Crippen LogP) is 4.78. The normalized spacial score (nSPS) is 22.8. The minimum Gasteiger partial charge on any atom is -0.411 e. The van der Waals surface area contributed by atoms with Crippen LogP contribution < -0.4 is 0 Å². The van der Waals surface area contributed by atoms with Gasteiger partial charge in [-0.05, 0) is 49.3 Å². The van der Waals surface area contributed by atoms with Gasteiger partial charge in [0.2, 0.25) is 0 Å². The van der Waals surface area contributed by atoms with Gasteiger partial charge >= 0.3 is 0 Å². The fraction of sp³-hybridized carbons (Fsp3) is 0.471. The van der Waals surface area contributed by atoms with Gasteiger partial charge in [-0.15, -0.1) is 0 Å². The molecular formula is C17H20FNO. The molecule has 2 aliphatic rings. The van der Waals surface area contributed by atoms with E-state index in [2.05, 4.69) is 5.16 Å². The van der Waals surface area contributed by atoms with Gasteiger partial charge in [0.15, 0.2) is 0 Å². The van der Waals surface area contributed by atoms with Crippen molar-refractivity contribution in [3.05, 3.63) is 41.2 Å². The fourth-order valence-corrected chi connectivity index (χ4v) is 3.64. The first-order valence-corrected chi connectivity index (χ1v) is 7.50. The molecule has 0 radical (unpaired) electrons. The summed E-state index contributed by atoms with van der Waals surface area (Å²) in [5, 5.41) is 12.7. The second-order valence-corrected chi connectivity index (χ2v) is 5.79. The van der Waals surface area contributed by atoms with Gasteiger partial charge in [-0.1, -0.05) is 42.1 Å². The molecule has 3 heteroatoms. The van der Waals surface area contributed by atoms with Gasteiger partial charge < -0.3 is 5.21 Å². The number of oxime groups is 1. The van der Waals surface area contributed by atoms with Crippen LogP contribution in [0.5, 0.6) is 0 Å². The summed E-state index contributed by atoms with van der Waals surface area (Å²) >= 11 is 0. The van der Waals surface area contributed by atoms with Crippen molar-refractivity contribution in [3.63, 3.8) is 0 Å². The number of hydrogen-bond acceptors (Lipinski definition) is 2. The first-order valence-electron chi connectivity index (χ1n) is 7.50. The summed E-state index contributed by atoms with van der Waals surface area (Å²) in [5.74, 6) is 0.350. The zero-order chi connectivity index (χ0) is 13.9. The summed E-state index contributed by atoms with van der Waals surface area (Å²) < 4.78 is 13.5. The molecule has 20 heavy (non-hydrogen) atoms. The van der Waals surface area contributed by atoms with E-state index in [0.717, 1.165) is 29.7 Å². The Morgan fingerprint density at radius 3 is 2.60 bits per heavy atom. The third-order valence-electron chi connectivity index (χ3n) is 4.57. The lowest BCUT2D eigenvalue weighted by atomic mass is 9.81. The molecule has 0 spiro atoms.